The first-order valence-corrected chi connectivity index (χ1v) is 7.20. The van der Waals surface area contributed by atoms with Crippen LogP contribution >= 0.6 is 12.4 Å². The Balaban J connectivity index is 0.00000242. The number of nitrogen functional groups attached to an aromatic ring is 1. The number of hydrogen-bond acceptors (Lipinski definition) is 2. The van der Waals surface area contributed by atoms with Gasteiger partial charge in [-0.25, -0.2) is 0 Å². The molecule has 0 aromatic heterocycles. The van der Waals surface area contributed by atoms with Crippen molar-refractivity contribution in [2.75, 3.05) is 5.73 Å². The van der Waals surface area contributed by atoms with Crippen LogP contribution in [0, 0.1) is 6.92 Å². The molecule has 0 bridgehead atoms. The van der Waals surface area contributed by atoms with Gasteiger partial charge in [0.05, 0.1) is 0 Å². The highest BCUT2D eigenvalue weighted by molar-refractivity contribution is 5.96. The Kier molecular flexibility index (Phi) is 6.44. The highest BCUT2D eigenvalue weighted by Gasteiger charge is 2.20. The number of hydrogen-bond donors (Lipinski definition) is 1. The number of nitrogens with two attached hydrogens (primary N) is 1. The Morgan fingerprint density at radius 2 is 1.77 bits per heavy atom. The summed E-state index contributed by atoms with van der Waals surface area (Å²) in [5.74, 6) is 0.0265. The van der Waals surface area contributed by atoms with Crippen LogP contribution in [0.25, 0.3) is 0 Å². The Bertz CT molecular complexity index is 626. The van der Waals surface area contributed by atoms with Crippen LogP contribution in [-0.2, 0) is 6.54 Å². The first-order valence-electron chi connectivity index (χ1n) is 7.20. The zero-order valence-electron chi connectivity index (χ0n) is 13.2. The first kappa shape index (κ1) is 18.1. The van der Waals surface area contributed by atoms with Gasteiger partial charge in [-0.15, -0.1) is 12.4 Å². The zero-order valence-corrected chi connectivity index (χ0v) is 14.1. The smallest absolute Gasteiger partial charge is 0.254 e. The van der Waals surface area contributed by atoms with Crippen LogP contribution in [0.4, 0.5) is 5.69 Å². The number of carbonyl (C=O) groups excluding carboxylic acids is 1. The second-order valence-corrected chi connectivity index (χ2v) is 5.59. The van der Waals surface area contributed by atoms with Crippen molar-refractivity contribution in [1.29, 1.82) is 0 Å². The van der Waals surface area contributed by atoms with Gasteiger partial charge in [-0.2, -0.15) is 0 Å². The average molecular weight is 319 g/mol. The van der Waals surface area contributed by atoms with Crippen LogP contribution in [0.15, 0.2) is 48.5 Å². The lowest BCUT2D eigenvalue weighted by molar-refractivity contribution is 0.0689. The van der Waals surface area contributed by atoms with Crippen molar-refractivity contribution in [3.63, 3.8) is 0 Å². The van der Waals surface area contributed by atoms with E-state index in [2.05, 4.69) is 0 Å². The maximum absolute atomic E-state index is 12.8. The fraction of sp³-hybridized carbons (Fsp3) is 0.278. The molecule has 0 saturated heterocycles. The molecule has 0 aliphatic rings. The number of anilines is 1. The number of benzene rings is 2. The van der Waals surface area contributed by atoms with Crippen molar-refractivity contribution >= 4 is 24.0 Å². The molecule has 0 saturated carbocycles. The van der Waals surface area contributed by atoms with Crippen molar-refractivity contribution in [1.82, 2.24) is 4.90 Å². The van der Waals surface area contributed by atoms with Crippen LogP contribution in [0.2, 0.25) is 0 Å². The Morgan fingerprint density at radius 1 is 1.14 bits per heavy atom. The van der Waals surface area contributed by atoms with Crippen LogP contribution < -0.4 is 5.73 Å². The normalized spacial score (nSPS) is 10.2. The fourth-order valence-electron chi connectivity index (χ4n) is 2.29. The van der Waals surface area contributed by atoms with Crippen molar-refractivity contribution in [2.45, 2.75) is 33.4 Å². The van der Waals surface area contributed by atoms with Crippen LogP contribution in [0.5, 0.6) is 0 Å². The molecule has 0 spiro atoms. The molecule has 22 heavy (non-hydrogen) atoms. The molecule has 2 N–H and O–H groups in total. The largest absolute Gasteiger partial charge is 0.399 e. The van der Waals surface area contributed by atoms with Crippen molar-refractivity contribution in [2.24, 2.45) is 0 Å². The molecule has 2 aromatic rings. The van der Waals surface area contributed by atoms with E-state index in [-0.39, 0.29) is 24.4 Å². The minimum absolute atomic E-state index is 0. The van der Waals surface area contributed by atoms with Gasteiger partial charge in [-0.05, 0) is 44.0 Å². The molecule has 0 unspecified atom stereocenters. The van der Waals surface area contributed by atoms with Gasteiger partial charge in [-0.3, -0.25) is 4.79 Å². The van der Waals surface area contributed by atoms with Crippen molar-refractivity contribution in [3.05, 3.63) is 65.2 Å². The first-order chi connectivity index (χ1) is 9.99. The fourth-order valence-corrected chi connectivity index (χ4v) is 2.29. The SMILES string of the molecule is Cc1ccc(N)cc1C(=O)N(Cc1ccccc1)C(C)C.Cl. The maximum atomic E-state index is 12.8. The van der Waals surface area contributed by atoms with E-state index >= 15 is 0 Å². The molecule has 0 radical (unpaired) electrons. The lowest BCUT2D eigenvalue weighted by Crippen LogP contribution is -2.36. The molecular formula is C18H23ClN2O. The summed E-state index contributed by atoms with van der Waals surface area (Å²) >= 11 is 0. The summed E-state index contributed by atoms with van der Waals surface area (Å²) in [6.07, 6.45) is 0. The van der Waals surface area contributed by atoms with Gasteiger partial charge in [0.1, 0.15) is 0 Å². The second-order valence-electron chi connectivity index (χ2n) is 5.59. The van der Waals surface area contributed by atoms with Crippen molar-refractivity contribution in [3.8, 4) is 0 Å². The van der Waals surface area contributed by atoms with Gasteiger partial charge >= 0.3 is 0 Å². The summed E-state index contributed by atoms with van der Waals surface area (Å²) in [5, 5.41) is 0. The number of rotatable bonds is 4. The van der Waals surface area contributed by atoms with Gasteiger partial charge in [0.2, 0.25) is 0 Å². The van der Waals surface area contributed by atoms with E-state index in [4.69, 9.17) is 5.73 Å². The summed E-state index contributed by atoms with van der Waals surface area (Å²) in [6, 6.07) is 15.6. The van der Waals surface area contributed by atoms with E-state index in [1.54, 1.807) is 6.07 Å². The van der Waals surface area contributed by atoms with Crippen LogP contribution in [0.1, 0.15) is 35.3 Å². The van der Waals surface area contributed by atoms with E-state index in [1.165, 1.54) is 0 Å². The monoisotopic (exact) mass is 318 g/mol. The molecule has 0 atom stereocenters. The molecule has 2 aromatic carbocycles. The molecule has 3 nitrogen and oxygen atoms in total. The van der Waals surface area contributed by atoms with Crippen LogP contribution in [0.3, 0.4) is 0 Å². The van der Waals surface area contributed by atoms with Gasteiger partial charge < -0.3 is 10.6 Å². The van der Waals surface area contributed by atoms with E-state index < -0.39 is 0 Å². The Hall–Kier alpha value is -2.00. The standard InChI is InChI=1S/C18H22N2O.ClH/c1-13(2)20(12-15-7-5-4-6-8-15)18(21)17-11-16(19)10-9-14(17)3;/h4-11,13H,12,19H2,1-3H3;1H. The second kappa shape index (κ2) is 7.85. The van der Waals surface area contributed by atoms with E-state index in [0.29, 0.717) is 17.8 Å². The third kappa shape index (κ3) is 4.25. The lowest BCUT2D eigenvalue weighted by Gasteiger charge is -2.27. The Labute approximate surface area is 138 Å². The molecular weight excluding hydrogens is 296 g/mol. The van der Waals surface area contributed by atoms with E-state index in [9.17, 15) is 4.79 Å². The molecule has 118 valence electrons. The number of carbonyl (C=O) groups is 1. The summed E-state index contributed by atoms with van der Waals surface area (Å²) in [4.78, 5) is 14.7. The average Bonchev–Trinajstić information content (AvgIpc) is 2.47. The van der Waals surface area contributed by atoms with E-state index in [1.807, 2.05) is 68.1 Å². The molecule has 2 rings (SSSR count). The highest BCUT2D eigenvalue weighted by Crippen LogP contribution is 2.18. The number of halogens is 1. The molecule has 0 aliphatic carbocycles. The third-order valence-corrected chi connectivity index (χ3v) is 3.57. The summed E-state index contributed by atoms with van der Waals surface area (Å²) < 4.78 is 0. The van der Waals surface area contributed by atoms with Gasteiger partial charge in [0, 0.05) is 23.8 Å². The van der Waals surface area contributed by atoms with Crippen LogP contribution in [-0.4, -0.2) is 16.8 Å². The predicted molar refractivity (Wildman–Crippen MR) is 94.3 cm³/mol. The maximum Gasteiger partial charge on any atom is 0.254 e. The molecule has 0 heterocycles. The summed E-state index contributed by atoms with van der Waals surface area (Å²) in [6.45, 7) is 6.60. The highest BCUT2D eigenvalue weighted by atomic mass is 35.5. The molecule has 1 amide bonds. The minimum Gasteiger partial charge on any atom is -0.399 e. The number of nitrogens with zero attached hydrogens (tertiary/aromatic N) is 1. The quantitative estimate of drug-likeness (QED) is 0.864. The van der Waals surface area contributed by atoms with Gasteiger partial charge in [0.15, 0.2) is 0 Å². The predicted octanol–water partition coefficient (Wildman–Crippen LogP) is 4.05. The number of aryl methyl sites for hydroxylation is 1. The summed E-state index contributed by atoms with van der Waals surface area (Å²) in [5.41, 5.74) is 9.20. The van der Waals surface area contributed by atoms with E-state index in [0.717, 1.165) is 11.1 Å². The summed E-state index contributed by atoms with van der Waals surface area (Å²) in [7, 11) is 0. The van der Waals surface area contributed by atoms with Gasteiger partial charge in [0.25, 0.3) is 5.91 Å². The zero-order chi connectivity index (χ0) is 15.4. The molecule has 4 heteroatoms. The molecule has 0 aliphatic heterocycles. The molecule has 0 fully saturated rings. The third-order valence-electron chi connectivity index (χ3n) is 3.57. The van der Waals surface area contributed by atoms with Crippen molar-refractivity contribution < 1.29 is 4.79 Å². The minimum atomic E-state index is 0. The lowest BCUT2D eigenvalue weighted by atomic mass is 10.1. The topological polar surface area (TPSA) is 46.3 Å². The number of amides is 1. The Morgan fingerprint density at radius 3 is 2.36 bits per heavy atom. The van der Waals surface area contributed by atoms with Gasteiger partial charge in [-0.1, -0.05) is 36.4 Å².